The van der Waals surface area contributed by atoms with Crippen molar-refractivity contribution in [2.24, 2.45) is 5.92 Å². The van der Waals surface area contributed by atoms with Crippen LogP contribution in [0.15, 0.2) is 22.7 Å². The Labute approximate surface area is 138 Å². The first kappa shape index (κ1) is 14.8. The number of piperidine rings is 1. The van der Waals surface area contributed by atoms with E-state index >= 15 is 0 Å². The summed E-state index contributed by atoms with van der Waals surface area (Å²) in [6.07, 6.45) is 1.06. The zero-order chi connectivity index (χ0) is 13.3. The molecule has 1 aromatic carbocycles. The summed E-state index contributed by atoms with van der Waals surface area (Å²) in [7, 11) is 0. The van der Waals surface area contributed by atoms with Crippen LogP contribution in [0.5, 0.6) is 0 Å². The molecule has 1 saturated heterocycles. The van der Waals surface area contributed by atoms with Gasteiger partial charge in [-0.05, 0) is 69.1 Å². The molecular formula is C13H14Br2INO. The van der Waals surface area contributed by atoms with Crippen molar-refractivity contribution >= 4 is 60.4 Å². The van der Waals surface area contributed by atoms with Gasteiger partial charge >= 0.3 is 0 Å². The number of hydrogen-bond donors (Lipinski definition) is 0. The quantitative estimate of drug-likeness (QED) is 0.428. The Bertz CT molecular complexity index is 466. The van der Waals surface area contributed by atoms with Crippen molar-refractivity contribution in [1.82, 2.24) is 4.90 Å². The molecule has 0 aromatic heterocycles. The Morgan fingerprint density at radius 3 is 2.89 bits per heavy atom. The molecule has 1 amide bonds. The Balaban J connectivity index is 2.19. The van der Waals surface area contributed by atoms with Crippen LogP contribution in [0.4, 0.5) is 0 Å². The summed E-state index contributed by atoms with van der Waals surface area (Å²) in [5.74, 6) is 0.755. The van der Waals surface area contributed by atoms with Crippen LogP contribution in [0.1, 0.15) is 23.7 Å². The molecule has 0 saturated carbocycles. The lowest BCUT2D eigenvalue weighted by Crippen LogP contribution is -2.43. The largest absolute Gasteiger partial charge is 0.337 e. The first-order valence-electron chi connectivity index (χ1n) is 5.87. The first-order chi connectivity index (χ1) is 8.49. The summed E-state index contributed by atoms with van der Waals surface area (Å²) in [5.41, 5.74) is 0.760. The minimum Gasteiger partial charge on any atom is -0.337 e. The third-order valence-corrected chi connectivity index (χ3v) is 5.87. The van der Waals surface area contributed by atoms with E-state index in [1.807, 2.05) is 23.1 Å². The van der Waals surface area contributed by atoms with Crippen molar-refractivity contribution in [3.8, 4) is 0 Å². The molecule has 5 heteroatoms. The third-order valence-electron chi connectivity index (χ3n) is 3.31. The Kier molecular flexibility index (Phi) is 5.11. The highest BCUT2D eigenvalue weighted by molar-refractivity contribution is 14.1. The molecule has 1 aromatic rings. The van der Waals surface area contributed by atoms with Crippen LogP contribution in [0.3, 0.4) is 0 Å². The van der Waals surface area contributed by atoms with Crippen LogP contribution >= 0.6 is 54.5 Å². The van der Waals surface area contributed by atoms with E-state index < -0.39 is 0 Å². The van der Waals surface area contributed by atoms with E-state index in [-0.39, 0.29) is 5.91 Å². The highest BCUT2D eigenvalue weighted by Gasteiger charge is 2.28. The first-order valence-corrected chi connectivity index (χ1v) is 8.66. The van der Waals surface area contributed by atoms with E-state index in [1.54, 1.807) is 0 Å². The number of hydrogen-bond acceptors (Lipinski definition) is 1. The summed E-state index contributed by atoms with van der Waals surface area (Å²) in [6.45, 7) is 3.86. The van der Waals surface area contributed by atoms with Gasteiger partial charge in [0.05, 0.1) is 5.56 Å². The zero-order valence-electron chi connectivity index (χ0n) is 10.00. The van der Waals surface area contributed by atoms with Gasteiger partial charge < -0.3 is 4.90 Å². The highest BCUT2D eigenvalue weighted by atomic mass is 127. The number of carbonyl (C=O) groups is 1. The van der Waals surface area contributed by atoms with Crippen LogP contribution in [-0.2, 0) is 0 Å². The fraction of sp³-hybridized carbons (Fsp3) is 0.462. The smallest absolute Gasteiger partial charge is 0.255 e. The third kappa shape index (κ3) is 3.28. The van der Waals surface area contributed by atoms with E-state index in [1.165, 1.54) is 0 Å². The van der Waals surface area contributed by atoms with Gasteiger partial charge in [0, 0.05) is 26.0 Å². The van der Waals surface area contributed by atoms with Crippen molar-refractivity contribution < 1.29 is 4.79 Å². The molecule has 1 heterocycles. The normalized spacial score (nSPS) is 24.1. The Morgan fingerprint density at radius 1 is 1.50 bits per heavy atom. The average Bonchev–Trinajstić information content (AvgIpc) is 2.35. The molecule has 2 nitrogen and oxygen atoms in total. The van der Waals surface area contributed by atoms with Crippen molar-refractivity contribution in [2.45, 2.75) is 18.2 Å². The molecule has 2 unspecified atom stereocenters. The van der Waals surface area contributed by atoms with Crippen LogP contribution in [-0.4, -0.2) is 28.7 Å². The maximum absolute atomic E-state index is 12.5. The average molecular weight is 487 g/mol. The molecule has 1 aliphatic heterocycles. The van der Waals surface area contributed by atoms with Crippen LogP contribution in [0.2, 0.25) is 0 Å². The van der Waals surface area contributed by atoms with Gasteiger partial charge in [-0.25, -0.2) is 0 Å². The van der Waals surface area contributed by atoms with Crippen LogP contribution in [0, 0.1) is 9.49 Å². The predicted octanol–water partition coefficient (Wildman–Crippen LogP) is 4.30. The van der Waals surface area contributed by atoms with Crippen molar-refractivity contribution in [1.29, 1.82) is 0 Å². The summed E-state index contributed by atoms with van der Waals surface area (Å²) in [4.78, 5) is 14.8. The zero-order valence-corrected chi connectivity index (χ0v) is 15.3. The van der Waals surface area contributed by atoms with E-state index in [2.05, 4.69) is 61.4 Å². The maximum atomic E-state index is 12.5. The molecule has 2 atom stereocenters. The molecule has 98 valence electrons. The Morgan fingerprint density at radius 2 is 2.22 bits per heavy atom. The van der Waals surface area contributed by atoms with Crippen LogP contribution < -0.4 is 0 Å². The van der Waals surface area contributed by atoms with Crippen molar-refractivity contribution in [2.75, 3.05) is 13.1 Å². The minimum absolute atomic E-state index is 0.122. The SMILES string of the molecule is CC1CCN(C(=O)c2cc(I)ccc2Br)CC1Br. The van der Waals surface area contributed by atoms with E-state index in [0.717, 1.165) is 33.1 Å². The number of rotatable bonds is 1. The number of nitrogens with zero attached hydrogens (tertiary/aromatic N) is 1. The lowest BCUT2D eigenvalue weighted by atomic mass is 9.98. The molecule has 2 rings (SSSR count). The molecule has 0 N–H and O–H groups in total. The summed E-state index contributed by atoms with van der Waals surface area (Å²) >= 11 is 9.36. The number of likely N-dealkylation sites (tertiary alicyclic amines) is 1. The number of carbonyl (C=O) groups excluding carboxylic acids is 1. The van der Waals surface area contributed by atoms with Gasteiger partial charge in [0.1, 0.15) is 0 Å². The molecule has 0 bridgehead atoms. The van der Waals surface area contributed by atoms with E-state index in [4.69, 9.17) is 0 Å². The molecular weight excluding hydrogens is 473 g/mol. The van der Waals surface area contributed by atoms with Gasteiger partial charge in [0.2, 0.25) is 0 Å². The highest BCUT2D eigenvalue weighted by Crippen LogP contribution is 2.27. The molecule has 0 aliphatic carbocycles. The van der Waals surface area contributed by atoms with Gasteiger partial charge in [-0.3, -0.25) is 4.79 Å². The number of halogens is 3. The summed E-state index contributed by atoms with van der Waals surface area (Å²) in [6, 6.07) is 5.87. The van der Waals surface area contributed by atoms with Crippen molar-refractivity contribution in [3.05, 3.63) is 31.8 Å². The molecule has 0 radical (unpaired) electrons. The lowest BCUT2D eigenvalue weighted by Gasteiger charge is -2.34. The summed E-state index contributed by atoms with van der Waals surface area (Å²) < 4.78 is 1.96. The van der Waals surface area contributed by atoms with Gasteiger partial charge in [-0.2, -0.15) is 0 Å². The fourth-order valence-electron chi connectivity index (χ4n) is 2.04. The standard InChI is InChI=1S/C13H14Br2INO/c1-8-4-5-17(7-12(8)15)13(18)10-6-9(16)2-3-11(10)14/h2-3,6,8,12H,4-5,7H2,1H3. The maximum Gasteiger partial charge on any atom is 0.255 e. The van der Waals surface area contributed by atoms with Gasteiger partial charge in [0.25, 0.3) is 5.91 Å². The predicted molar refractivity (Wildman–Crippen MR) is 89.3 cm³/mol. The summed E-state index contributed by atoms with van der Waals surface area (Å²) in [5, 5.41) is 0. The second-order valence-corrected chi connectivity index (χ2v) is 7.93. The molecule has 0 spiro atoms. The topological polar surface area (TPSA) is 20.3 Å². The number of alkyl halides is 1. The second kappa shape index (κ2) is 6.22. The van der Waals surface area contributed by atoms with Gasteiger partial charge in [-0.1, -0.05) is 22.9 Å². The van der Waals surface area contributed by atoms with Crippen LogP contribution in [0.25, 0.3) is 0 Å². The Hall–Kier alpha value is 0.380. The van der Waals surface area contributed by atoms with E-state index in [0.29, 0.717) is 10.7 Å². The number of amides is 1. The van der Waals surface area contributed by atoms with Gasteiger partial charge in [0.15, 0.2) is 0 Å². The molecule has 18 heavy (non-hydrogen) atoms. The van der Waals surface area contributed by atoms with Gasteiger partial charge in [-0.15, -0.1) is 0 Å². The molecule has 1 fully saturated rings. The fourth-order valence-corrected chi connectivity index (χ4v) is 3.56. The minimum atomic E-state index is 0.122. The number of benzene rings is 1. The second-order valence-electron chi connectivity index (χ2n) is 4.66. The van der Waals surface area contributed by atoms with E-state index in [9.17, 15) is 4.79 Å². The monoisotopic (exact) mass is 485 g/mol. The molecule has 1 aliphatic rings. The van der Waals surface area contributed by atoms with Crippen molar-refractivity contribution in [3.63, 3.8) is 0 Å². The lowest BCUT2D eigenvalue weighted by molar-refractivity contribution is 0.0705.